The van der Waals surface area contributed by atoms with Crippen molar-refractivity contribution in [2.24, 2.45) is 5.73 Å². The molecule has 33 nitrogen and oxygen atoms in total. The summed E-state index contributed by atoms with van der Waals surface area (Å²) in [6, 6.07) is 14.0. The molecular formula is C57H69N17O16. The van der Waals surface area contributed by atoms with Crippen LogP contribution in [0, 0.1) is 0 Å². The molecule has 33 heteroatoms. The van der Waals surface area contributed by atoms with Gasteiger partial charge in [-0.25, -0.2) is 33.9 Å². The molecule has 3 unspecified atom stereocenters. The van der Waals surface area contributed by atoms with Gasteiger partial charge in [-0.15, -0.1) is 0 Å². The number of hydrogen-bond acceptors (Lipinski definition) is 22. The first kappa shape index (κ1) is 67.9. The number of carboxylic acids is 1. The quantitative estimate of drug-likeness (QED) is 0.0213. The number of rotatable bonds is 32. The average molecular weight is 1250 g/mol. The van der Waals surface area contributed by atoms with E-state index in [-0.39, 0.29) is 126 Å². The number of amides is 11. The molecule has 0 fully saturated rings. The number of hydrogen-bond donors (Lipinski definition) is 11. The number of imide groups is 1. The van der Waals surface area contributed by atoms with Crippen molar-refractivity contribution in [1.82, 2.24) is 61.2 Å². The Morgan fingerprint density at radius 2 is 1.30 bits per heavy atom. The second-order valence-corrected chi connectivity index (χ2v) is 19.9. The van der Waals surface area contributed by atoms with Gasteiger partial charge in [-0.05, 0) is 98.8 Å². The number of carbonyl (C=O) groups excluding carboxylic acids is 10. The summed E-state index contributed by atoms with van der Waals surface area (Å²) in [5, 5.41) is 28.2. The molecule has 14 N–H and O–H groups in total. The Morgan fingerprint density at radius 3 is 1.97 bits per heavy atom. The molecule has 6 rings (SSSR count). The molecule has 1 aliphatic heterocycles. The number of primary amides is 1. The van der Waals surface area contributed by atoms with Gasteiger partial charge >= 0.3 is 30.3 Å². The van der Waals surface area contributed by atoms with E-state index in [9.17, 15) is 57.8 Å². The number of carbonyl (C=O) groups is 11. The number of aromatic nitrogens is 4. The first-order valence-corrected chi connectivity index (χ1v) is 27.9. The van der Waals surface area contributed by atoms with Crippen molar-refractivity contribution in [2.75, 3.05) is 88.7 Å². The number of urea groups is 1. The maximum atomic E-state index is 13.4. The van der Waals surface area contributed by atoms with Crippen molar-refractivity contribution >= 4 is 100 Å². The SMILES string of the molecule is CC(NC(=O)OCCOCCN1C(=O)C=CC1=O)C(=O)NC(CCCNC(N)=O)C(=O)Nc1ccc(COC(=O)N(C)CCN(C)C(=O)Oc2ccc(C(=O)NCCCC(NC(=O)c3ccc(NCc4cnc5nc(N)nc(N)c5n4)cc3)C(=O)O)cc2)cc1. The lowest BCUT2D eigenvalue weighted by molar-refractivity contribution is -0.140. The minimum Gasteiger partial charge on any atom is -0.480 e. The molecule has 0 saturated carbocycles. The fourth-order valence-electron chi connectivity index (χ4n) is 8.08. The molecule has 0 saturated heterocycles. The van der Waals surface area contributed by atoms with Crippen LogP contribution in [0.1, 0.15) is 64.6 Å². The van der Waals surface area contributed by atoms with E-state index in [1.165, 1.54) is 73.4 Å². The van der Waals surface area contributed by atoms with E-state index in [1.54, 1.807) is 36.4 Å². The standard InChI is InChI=1S/C57H69N17O16/c1-33(65-55(84)88-29-28-87-27-26-74-43(75)20-21-44(74)76)48(77)68-41(6-4-23-62-54(60)83)51(80)67-38-14-8-34(9-15-38)32-89-56(85)72(2)24-25-73(3)57(86)90-40-18-12-35(13-19-40)49(78)61-22-5-7-42(52(81)82)69-50(79)36-10-16-37(17-11-36)63-30-39-31-64-47-45(66-39)46(58)70-53(59)71-47/h8-21,31,33,41-42,63H,4-7,22-30,32H2,1-3H3,(H,61,78)(H,65,84)(H,67,80)(H,68,77)(H,69,79)(H,81,82)(H3,60,62,83)(H4,58,59,64,70,71). The van der Waals surface area contributed by atoms with Crippen molar-refractivity contribution in [3.8, 4) is 5.75 Å². The molecule has 11 amide bonds. The molecule has 478 valence electrons. The Hall–Kier alpha value is -11.3. The van der Waals surface area contributed by atoms with Crippen molar-refractivity contribution in [1.29, 1.82) is 0 Å². The zero-order valence-electron chi connectivity index (χ0n) is 49.2. The van der Waals surface area contributed by atoms with Crippen LogP contribution in [0.4, 0.5) is 42.3 Å². The molecule has 3 atom stereocenters. The maximum Gasteiger partial charge on any atom is 0.415 e. The number of nitrogens with zero attached hydrogens (tertiary/aromatic N) is 7. The van der Waals surface area contributed by atoms with Gasteiger partial charge in [0.05, 0.1) is 38.2 Å². The number of likely N-dealkylation sites (N-methyl/N-ethyl adjacent to an activating group) is 2. The monoisotopic (exact) mass is 1250 g/mol. The van der Waals surface area contributed by atoms with Crippen molar-refractivity contribution < 1.29 is 76.8 Å². The third-order valence-corrected chi connectivity index (χ3v) is 13.1. The minimum absolute atomic E-state index is 0.0103. The highest BCUT2D eigenvalue weighted by molar-refractivity contribution is 6.12. The molecule has 5 aromatic rings. The van der Waals surface area contributed by atoms with Gasteiger partial charge in [0.15, 0.2) is 17.0 Å². The van der Waals surface area contributed by atoms with Gasteiger partial charge in [-0.2, -0.15) is 9.97 Å². The van der Waals surface area contributed by atoms with Crippen LogP contribution in [-0.2, 0) is 51.3 Å². The van der Waals surface area contributed by atoms with Gasteiger partial charge in [-0.1, -0.05) is 12.1 Å². The molecule has 0 bridgehead atoms. The lowest BCUT2D eigenvalue weighted by Gasteiger charge is -2.22. The number of ether oxygens (including phenoxy) is 4. The van der Waals surface area contributed by atoms with E-state index in [0.717, 1.165) is 17.1 Å². The summed E-state index contributed by atoms with van der Waals surface area (Å²) in [6.45, 7) is 1.52. The van der Waals surface area contributed by atoms with Crippen LogP contribution in [0.3, 0.4) is 0 Å². The number of nitrogen functional groups attached to an aromatic ring is 2. The zero-order valence-corrected chi connectivity index (χ0v) is 49.2. The fraction of sp³-hybridized carbons (Fsp3) is 0.351. The predicted octanol–water partition coefficient (Wildman–Crippen LogP) is 1.22. The topological polar surface area (TPSA) is 468 Å². The Morgan fingerprint density at radius 1 is 0.678 bits per heavy atom. The third kappa shape index (κ3) is 21.6. The predicted molar refractivity (Wildman–Crippen MR) is 321 cm³/mol. The molecule has 90 heavy (non-hydrogen) atoms. The van der Waals surface area contributed by atoms with Crippen molar-refractivity contribution in [3.05, 3.63) is 114 Å². The smallest absolute Gasteiger partial charge is 0.415 e. The number of alkyl carbamates (subject to hydrolysis) is 1. The van der Waals surface area contributed by atoms with Crippen molar-refractivity contribution in [3.63, 3.8) is 0 Å². The van der Waals surface area contributed by atoms with E-state index in [4.69, 9.17) is 36.1 Å². The van der Waals surface area contributed by atoms with E-state index < -0.39 is 83.8 Å². The second kappa shape index (κ2) is 33.6. The summed E-state index contributed by atoms with van der Waals surface area (Å²) in [6.07, 6.45) is 1.90. The Bertz CT molecular complexity index is 3410. The fourth-order valence-corrected chi connectivity index (χ4v) is 8.08. The summed E-state index contributed by atoms with van der Waals surface area (Å²) in [5.74, 6) is -4.39. The molecule has 1 aliphatic rings. The number of carboxylic acid groups (broad SMARTS) is 1. The summed E-state index contributed by atoms with van der Waals surface area (Å²) in [4.78, 5) is 157. The van der Waals surface area contributed by atoms with Gasteiger partial charge < -0.3 is 88.3 Å². The zero-order chi connectivity index (χ0) is 65.3. The van der Waals surface area contributed by atoms with Gasteiger partial charge in [0.1, 0.15) is 37.1 Å². The summed E-state index contributed by atoms with van der Waals surface area (Å²) >= 11 is 0. The molecule has 0 radical (unpaired) electrons. The first-order chi connectivity index (χ1) is 43.0. The van der Waals surface area contributed by atoms with Crippen LogP contribution < -0.4 is 59.2 Å². The van der Waals surface area contributed by atoms with Crippen LogP contribution >= 0.6 is 0 Å². The third-order valence-electron chi connectivity index (χ3n) is 13.1. The summed E-state index contributed by atoms with van der Waals surface area (Å²) in [5.41, 5.74) is 19.7. The Labute approximate surface area is 514 Å². The second-order valence-electron chi connectivity index (χ2n) is 19.9. The number of benzene rings is 3. The van der Waals surface area contributed by atoms with E-state index in [2.05, 4.69) is 57.2 Å². The highest BCUT2D eigenvalue weighted by atomic mass is 16.6. The number of aliphatic carboxylic acids is 1. The van der Waals surface area contributed by atoms with Crippen LogP contribution in [0.2, 0.25) is 0 Å². The van der Waals surface area contributed by atoms with E-state index in [0.29, 0.717) is 28.1 Å². The van der Waals surface area contributed by atoms with Gasteiger partial charge in [0.2, 0.25) is 17.8 Å². The maximum absolute atomic E-state index is 13.4. The minimum atomic E-state index is -1.25. The highest BCUT2D eigenvalue weighted by Crippen LogP contribution is 2.18. The largest absolute Gasteiger partial charge is 0.480 e. The Balaban J connectivity index is 0.845. The molecule has 3 heterocycles. The normalized spacial score (nSPS) is 12.6. The van der Waals surface area contributed by atoms with Crippen LogP contribution in [0.5, 0.6) is 5.75 Å². The lowest BCUT2D eigenvalue weighted by Crippen LogP contribution is -2.51. The van der Waals surface area contributed by atoms with Gasteiger partial charge in [0, 0.05) is 74.9 Å². The summed E-state index contributed by atoms with van der Waals surface area (Å²) in [7, 11) is 2.93. The van der Waals surface area contributed by atoms with E-state index >= 15 is 0 Å². The van der Waals surface area contributed by atoms with Crippen LogP contribution in [-0.4, -0.2) is 190 Å². The van der Waals surface area contributed by atoms with Gasteiger partial charge in [-0.3, -0.25) is 33.7 Å². The number of fused-ring (bicyclic) bond motifs is 1. The average Bonchev–Trinajstić information content (AvgIpc) is 1.32. The van der Waals surface area contributed by atoms with Gasteiger partial charge in [0.25, 0.3) is 23.6 Å². The molecule has 0 spiro atoms. The lowest BCUT2D eigenvalue weighted by atomic mass is 10.1. The molecule has 3 aromatic carbocycles. The number of nitrogens with two attached hydrogens (primary N) is 3. The first-order valence-electron chi connectivity index (χ1n) is 27.9. The van der Waals surface area contributed by atoms with Crippen molar-refractivity contribution in [2.45, 2.75) is 63.9 Å². The number of nitrogens with one attached hydrogen (secondary N) is 7. The van der Waals surface area contributed by atoms with Crippen LogP contribution in [0.15, 0.2) is 91.1 Å². The molecular weight excluding hydrogens is 1180 g/mol. The highest BCUT2D eigenvalue weighted by Gasteiger charge is 2.27. The Kier molecular flexibility index (Phi) is 25.3. The number of anilines is 4. The molecule has 0 aliphatic carbocycles. The van der Waals surface area contributed by atoms with E-state index in [1.807, 2.05) is 0 Å². The summed E-state index contributed by atoms with van der Waals surface area (Å²) < 4.78 is 21.2. The molecule has 2 aromatic heterocycles. The van der Waals surface area contributed by atoms with Crippen LogP contribution in [0.25, 0.3) is 11.2 Å².